The minimum absolute atomic E-state index is 0.263. The van der Waals surface area contributed by atoms with Gasteiger partial charge in [0.2, 0.25) is 0 Å². The molecule has 0 aliphatic carbocycles. The Balaban J connectivity index is 1.46. The number of aromatic nitrogens is 2. The molecule has 7 heteroatoms. The van der Waals surface area contributed by atoms with Crippen LogP contribution in [0.15, 0.2) is 85.2 Å². The molecule has 0 unspecified atom stereocenters. The summed E-state index contributed by atoms with van der Waals surface area (Å²) >= 11 is 6.03. The predicted molar refractivity (Wildman–Crippen MR) is 123 cm³/mol. The first-order chi connectivity index (χ1) is 15.1. The first-order valence-electron chi connectivity index (χ1n) is 9.52. The van der Waals surface area contributed by atoms with Crippen molar-refractivity contribution in [3.05, 3.63) is 95.8 Å². The monoisotopic (exact) mass is 430 g/mol. The van der Waals surface area contributed by atoms with Crippen molar-refractivity contribution in [2.24, 2.45) is 0 Å². The summed E-state index contributed by atoms with van der Waals surface area (Å²) in [6.45, 7) is 0. The van der Waals surface area contributed by atoms with E-state index in [1.165, 1.54) is 13.4 Å². The highest BCUT2D eigenvalue weighted by molar-refractivity contribution is 6.31. The van der Waals surface area contributed by atoms with Crippen molar-refractivity contribution in [1.82, 2.24) is 9.97 Å². The van der Waals surface area contributed by atoms with Crippen LogP contribution in [0.5, 0.6) is 5.75 Å². The smallest absolute Gasteiger partial charge is 0.255 e. The Morgan fingerprint density at radius 1 is 0.935 bits per heavy atom. The molecule has 0 radical (unpaired) electrons. The third kappa shape index (κ3) is 4.99. The van der Waals surface area contributed by atoms with Gasteiger partial charge in [-0.25, -0.2) is 9.97 Å². The van der Waals surface area contributed by atoms with Crippen LogP contribution in [0.25, 0.3) is 11.3 Å². The maximum absolute atomic E-state index is 12.6. The van der Waals surface area contributed by atoms with Gasteiger partial charge < -0.3 is 15.4 Å². The molecular formula is C24H19ClN4O2. The standard InChI is InChI=1S/C24H19ClN4O2/c1-31-22-12-9-18(25)13-21(22)29-24(30)17-7-10-19(11-8-17)28-23-14-20(26-15-27-23)16-5-3-2-4-6-16/h2-15H,1H3,(H,29,30)(H,26,27,28). The van der Waals surface area contributed by atoms with E-state index in [1.807, 2.05) is 48.5 Å². The van der Waals surface area contributed by atoms with E-state index in [1.54, 1.807) is 30.3 Å². The van der Waals surface area contributed by atoms with Gasteiger partial charge in [-0.1, -0.05) is 41.9 Å². The van der Waals surface area contributed by atoms with E-state index in [0.29, 0.717) is 27.8 Å². The van der Waals surface area contributed by atoms with E-state index in [2.05, 4.69) is 20.6 Å². The van der Waals surface area contributed by atoms with Gasteiger partial charge in [-0.15, -0.1) is 0 Å². The summed E-state index contributed by atoms with van der Waals surface area (Å²) < 4.78 is 5.27. The van der Waals surface area contributed by atoms with E-state index in [0.717, 1.165) is 16.9 Å². The number of methoxy groups -OCH3 is 1. The Hall–Kier alpha value is -3.90. The number of anilines is 3. The van der Waals surface area contributed by atoms with Crippen molar-refractivity contribution in [1.29, 1.82) is 0 Å². The molecule has 4 rings (SSSR count). The number of carbonyl (C=O) groups is 1. The van der Waals surface area contributed by atoms with E-state index >= 15 is 0 Å². The van der Waals surface area contributed by atoms with Gasteiger partial charge in [-0.05, 0) is 42.5 Å². The molecule has 31 heavy (non-hydrogen) atoms. The largest absolute Gasteiger partial charge is 0.495 e. The molecule has 0 saturated carbocycles. The van der Waals surface area contributed by atoms with Crippen LogP contribution in [0.4, 0.5) is 17.2 Å². The van der Waals surface area contributed by atoms with Crippen molar-refractivity contribution in [2.45, 2.75) is 0 Å². The van der Waals surface area contributed by atoms with Crippen LogP contribution in [-0.4, -0.2) is 23.0 Å². The zero-order valence-corrected chi connectivity index (χ0v) is 17.4. The second-order valence-corrected chi connectivity index (χ2v) is 7.09. The molecule has 1 aromatic heterocycles. The fourth-order valence-electron chi connectivity index (χ4n) is 3.02. The van der Waals surface area contributed by atoms with Crippen molar-refractivity contribution in [3.63, 3.8) is 0 Å². The van der Waals surface area contributed by atoms with Crippen LogP contribution in [0.3, 0.4) is 0 Å². The fraction of sp³-hybridized carbons (Fsp3) is 0.0417. The average molecular weight is 431 g/mol. The van der Waals surface area contributed by atoms with Crippen molar-refractivity contribution < 1.29 is 9.53 Å². The minimum Gasteiger partial charge on any atom is -0.495 e. The second kappa shape index (κ2) is 9.28. The Bertz CT molecular complexity index is 1200. The molecule has 2 N–H and O–H groups in total. The number of amides is 1. The zero-order chi connectivity index (χ0) is 21.6. The summed E-state index contributed by atoms with van der Waals surface area (Å²) in [6, 6.07) is 23.9. The van der Waals surface area contributed by atoms with Gasteiger partial charge >= 0.3 is 0 Å². The molecule has 0 aliphatic rings. The third-order valence-electron chi connectivity index (χ3n) is 4.57. The lowest BCUT2D eigenvalue weighted by atomic mass is 10.1. The molecule has 0 bridgehead atoms. The van der Waals surface area contributed by atoms with E-state index in [9.17, 15) is 4.79 Å². The van der Waals surface area contributed by atoms with E-state index in [4.69, 9.17) is 16.3 Å². The molecule has 0 saturated heterocycles. The predicted octanol–water partition coefficient (Wildman–Crippen LogP) is 5.80. The van der Waals surface area contributed by atoms with Crippen molar-refractivity contribution in [2.75, 3.05) is 17.7 Å². The summed E-state index contributed by atoms with van der Waals surface area (Å²) in [7, 11) is 1.54. The highest BCUT2D eigenvalue weighted by atomic mass is 35.5. The van der Waals surface area contributed by atoms with Crippen LogP contribution in [0.2, 0.25) is 5.02 Å². The van der Waals surface area contributed by atoms with Gasteiger partial charge in [0, 0.05) is 27.9 Å². The number of hydrogen-bond acceptors (Lipinski definition) is 5. The average Bonchev–Trinajstić information content (AvgIpc) is 2.80. The Morgan fingerprint density at radius 3 is 2.45 bits per heavy atom. The molecule has 154 valence electrons. The number of hydrogen-bond donors (Lipinski definition) is 2. The number of ether oxygens (including phenoxy) is 1. The van der Waals surface area contributed by atoms with Gasteiger partial charge in [-0.2, -0.15) is 0 Å². The lowest BCUT2D eigenvalue weighted by molar-refractivity contribution is 0.102. The number of halogens is 1. The molecule has 0 spiro atoms. The molecule has 0 fully saturated rings. The number of nitrogens with one attached hydrogen (secondary N) is 2. The third-order valence-corrected chi connectivity index (χ3v) is 4.80. The van der Waals surface area contributed by atoms with Gasteiger partial charge in [0.05, 0.1) is 18.5 Å². The summed E-state index contributed by atoms with van der Waals surface area (Å²) in [6.07, 6.45) is 1.52. The normalized spacial score (nSPS) is 10.4. The Labute approximate surface area is 184 Å². The first kappa shape index (κ1) is 20.4. The topological polar surface area (TPSA) is 76.1 Å². The molecule has 0 aliphatic heterocycles. The highest BCUT2D eigenvalue weighted by Crippen LogP contribution is 2.28. The fourth-order valence-corrected chi connectivity index (χ4v) is 3.19. The molecule has 1 heterocycles. The molecule has 1 amide bonds. The van der Waals surface area contributed by atoms with Gasteiger partial charge in [0.25, 0.3) is 5.91 Å². The van der Waals surface area contributed by atoms with Crippen molar-refractivity contribution in [3.8, 4) is 17.0 Å². The number of carbonyl (C=O) groups excluding carboxylic acids is 1. The first-order valence-corrected chi connectivity index (χ1v) is 9.89. The number of rotatable bonds is 6. The maximum atomic E-state index is 12.6. The van der Waals surface area contributed by atoms with Gasteiger partial charge in [0.1, 0.15) is 17.9 Å². The summed E-state index contributed by atoms with van der Waals surface area (Å²) in [5.74, 6) is 0.934. The summed E-state index contributed by atoms with van der Waals surface area (Å²) in [4.78, 5) is 21.2. The molecule has 4 aromatic rings. The Kier molecular flexibility index (Phi) is 6.10. The SMILES string of the molecule is COc1ccc(Cl)cc1NC(=O)c1ccc(Nc2cc(-c3ccccc3)ncn2)cc1. The maximum Gasteiger partial charge on any atom is 0.255 e. The lowest BCUT2D eigenvalue weighted by Gasteiger charge is -2.11. The number of nitrogens with zero attached hydrogens (tertiary/aromatic N) is 2. The highest BCUT2D eigenvalue weighted by Gasteiger charge is 2.11. The van der Waals surface area contributed by atoms with E-state index < -0.39 is 0 Å². The quantitative estimate of drug-likeness (QED) is 0.404. The minimum atomic E-state index is -0.263. The van der Waals surface area contributed by atoms with Gasteiger partial charge in [-0.3, -0.25) is 4.79 Å². The second-order valence-electron chi connectivity index (χ2n) is 6.66. The van der Waals surface area contributed by atoms with E-state index in [-0.39, 0.29) is 5.91 Å². The Morgan fingerprint density at radius 2 is 1.71 bits per heavy atom. The van der Waals surface area contributed by atoms with Crippen LogP contribution in [0.1, 0.15) is 10.4 Å². The van der Waals surface area contributed by atoms with Crippen LogP contribution in [0, 0.1) is 0 Å². The van der Waals surface area contributed by atoms with Crippen LogP contribution < -0.4 is 15.4 Å². The van der Waals surface area contributed by atoms with Gasteiger partial charge in [0.15, 0.2) is 0 Å². The summed E-state index contributed by atoms with van der Waals surface area (Å²) in [5.41, 5.74) is 3.65. The van der Waals surface area contributed by atoms with Crippen LogP contribution >= 0.6 is 11.6 Å². The summed E-state index contributed by atoms with van der Waals surface area (Å²) in [5, 5.41) is 6.57. The molecule has 6 nitrogen and oxygen atoms in total. The molecule has 3 aromatic carbocycles. The lowest BCUT2D eigenvalue weighted by Crippen LogP contribution is -2.12. The van der Waals surface area contributed by atoms with Crippen LogP contribution in [-0.2, 0) is 0 Å². The molecular weight excluding hydrogens is 412 g/mol. The number of benzene rings is 3. The van der Waals surface area contributed by atoms with Crippen molar-refractivity contribution >= 4 is 34.7 Å². The molecule has 0 atom stereocenters. The zero-order valence-electron chi connectivity index (χ0n) is 16.7.